The lowest BCUT2D eigenvalue weighted by Crippen LogP contribution is -2.41. The van der Waals surface area contributed by atoms with Gasteiger partial charge in [-0.15, -0.1) is 0 Å². The van der Waals surface area contributed by atoms with Gasteiger partial charge in [0.15, 0.2) is 12.0 Å². The van der Waals surface area contributed by atoms with Crippen LogP contribution < -0.4 is 15.6 Å². The van der Waals surface area contributed by atoms with E-state index in [9.17, 15) is 23.6 Å². The minimum atomic E-state index is -3.53. The van der Waals surface area contributed by atoms with Crippen molar-refractivity contribution in [3.8, 4) is 0 Å². The summed E-state index contributed by atoms with van der Waals surface area (Å²) in [4.78, 5) is 28.5. The Morgan fingerprint density at radius 2 is 2.30 bits per heavy atom. The number of anilines is 1. The normalized spacial score (nSPS) is 16.0. The molecule has 3 rings (SSSR count). The molecule has 8 nitrogen and oxygen atoms in total. The molecule has 0 aliphatic carbocycles. The van der Waals surface area contributed by atoms with Crippen LogP contribution in [0.25, 0.3) is 0 Å². The summed E-state index contributed by atoms with van der Waals surface area (Å²) in [6.07, 6.45) is 3.19. The quantitative estimate of drug-likeness (QED) is 0.458. The first kappa shape index (κ1) is 18.7. The SMILES string of the molecule is CCOC(=O)C1CCc2cnc(NCC(F)(F)c3cccc[n+]3[O-])c(=O)n21. The van der Waals surface area contributed by atoms with E-state index in [-0.39, 0.29) is 17.2 Å². The van der Waals surface area contributed by atoms with E-state index >= 15 is 0 Å². The summed E-state index contributed by atoms with van der Waals surface area (Å²) < 4.78 is 34.9. The second kappa shape index (κ2) is 7.29. The van der Waals surface area contributed by atoms with Gasteiger partial charge in [-0.2, -0.15) is 13.5 Å². The number of halogens is 2. The summed E-state index contributed by atoms with van der Waals surface area (Å²) >= 11 is 0. The first-order chi connectivity index (χ1) is 12.8. The zero-order chi connectivity index (χ0) is 19.6. The number of fused-ring (bicyclic) bond motifs is 1. The maximum Gasteiger partial charge on any atom is 0.347 e. The number of carbonyl (C=O) groups excluding carboxylic acids is 1. The number of rotatable bonds is 6. The fraction of sp³-hybridized carbons (Fsp3) is 0.412. The number of hydrogen-bond acceptors (Lipinski definition) is 6. The molecular formula is C17H18F2N4O4. The molecule has 1 N–H and O–H groups in total. The Hall–Kier alpha value is -3.04. The smallest absolute Gasteiger partial charge is 0.347 e. The number of aryl methyl sites for hydroxylation is 1. The second-order valence-electron chi connectivity index (χ2n) is 6.05. The van der Waals surface area contributed by atoms with Crippen LogP contribution in [0.4, 0.5) is 14.6 Å². The number of hydrogen-bond donors (Lipinski definition) is 1. The molecule has 1 unspecified atom stereocenters. The third-order valence-corrected chi connectivity index (χ3v) is 4.29. The molecule has 2 aromatic rings. The minimum Gasteiger partial charge on any atom is -0.618 e. The number of pyridine rings is 1. The van der Waals surface area contributed by atoms with Gasteiger partial charge >= 0.3 is 11.9 Å². The highest BCUT2D eigenvalue weighted by Gasteiger charge is 2.40. The molecule has 0 aromatic carbocycles. The van der Waals surface area contributed by atoms with Gasteiger partial charge in [-0.05, 0) is 25.8 Å². The highest BCUT2D eigenvalue weighted by atomic mass is 19.3. The summed E-state index contributed by atoms with van der Waals surface area (Å²) in [5.41, 5.74) is -0.888. The van der Waals surface area contributed by atoms with E-state index in [1.54, 1.807) is 6.92 Å². The average molecular weight is 380 g/mol. The molecule has 1 atom stereocenters. The molecule has 10 heteroatoms. The van der Waals surface area contributed by atoms with E-state index < -0.39 is 35.7 Å². The molecule has 0 bridgehead atoms. The summed E-state index contributed by atoms with van der Waals surface area (Å²) in [6, 6.07) is 2.87. The van der Waals surface area contributed by atoms with E-state index in [1.807, 2.05) is 0 Å². The monoisotopic (exact) mass is 380 g/mol. The number of ether oxygens (including phenoxy) is 1. The van der Waals surface area contributed by atoms with E-state index in [4.69, 9.17) is 4.74 Å². The Bertz CT molecular complexity index is 916. The summed E-state index contributed by atoms with van der Waals surface area (Å²) in [5, 5.41) is 13.9. The maximum atomic E-state index is 14.3. The number of nitrogens with one attached hydrogen (secondary N) is 1. The molecule has 0 fully saturated rings. The lowest BCUT2D eigenvalue weighted by molar-refractivity contribution is -0.624. The van der Waals surface area contributed by atoms with Crippen molar-refractivity contribution in [2.24, 2.45) is 0 Å². The molecule has 27 heavy (non-hydrogen) atoms. The lowest BCUT2D eigenvalue weighted by atomic mass is 10.2. The van der Waals surface area contributed by atoms with E-state index in [2.05, 4.69) is 10.3 Å². The van der Waals surface area contributed by atoms with Gasteiger partial charge in [0, 0.05) is 24.0 Å². The van der Waals surface area contributed by atoms with Crippen LogP contribution in [0.15, 0.2) is 35.4 Å². The zero-order valence-electron chi connectivity index (χ0n) is 14.5. The highest BCUT2D eigenvalue weighted by molar-refractivity contribution is 5.75. The van der Waals surface area contributed by atoms with Crippen LogP contribution in [0, 0.1) is 5.21 Å². The zero-order valence-corrected chi connectivity index (χ0v) is 14.5. The van der Waals surface area contributed by atoms with Gasteiger partial charge in [0.1, 0.15) is 6.04 Å². The Balaban J connectivity index is 1.83. The standard InChI is InChI=1S/C17H18F2N4O4/c1-2-27-16(25)12-7-6-11-9-20-14(15(24)23(11)12)21-10-17(18,19)13-5-3-4-8-22(13)26/h3-5,8-9,12H,2,6-7,10H2,1H3,(H,20,21). The van der Waals surface area contributed by atoms with Crippen LogP contribution in [0.5, 0.6) is 0 Å². The molecular weight excluding hydrogens is 362 g/mol. The van der Waals surface area contributed by atoms with Crippen LogP contribution in [0.3, 0.4) is 0 Å². The van der Waals surface area contributed by atoms with Gasteiger partial charge in [-0.3, -0.25) is 9.36 Å². The highest BCUT2D eigenvalue weighted by Crippen LogP contribution is 2.27. The van der Waals surface area contributed by atoms with E-state index in [0.29, 0.717) is 18.5 Å². The molecule has 3 heterocycles. The van der Waals surface area contributed by atoms with Crippen LogP contribution >= 0.6 is 0 Å². The Labute approximate surface area is 153 Å². The van der Waals surface area contributed by atoms with Crippen molar-refractivity contribution in [3.63, 3.8) is 0 Å². The fourth-order valence-electron chi connectivity index (χ4n) is 3.02. The number of nitrogens with zero attached hydrogens (tertiary/aromatic N) is 3. The molecule has 1 aliphatic rings. The van der Waals surface area contributed by atoms with Crippen molar-refractivity contribution >= 4 is 11.8 Å². The number of carbonyl (C=O) groups is 1. The molecule has 1 aliphatic heterocycles. The molecule has 144 valence electrons. The summed E-state index contributed by atoms with van der Waals surface area (Å²) in [5.74, 6) is -4.39. The van der Waals surface area contributed by atoms with E-state index in [1.165, 1.54) is 22.9 Å². The molecule has 0 spiro atoms. The van der Waals surface area contributed by atoms with Gasteiger partial charge in [-0.1, -0.05) is 0 Å². The van der Waals surface area contributed by atoms with E-state index in [0.717, 1.165) is 12.3 Å². The predicted molar refractivity (Wildman–Crippen MR) is 90.3 cm³/mol. The molecule has 0 radical (unpaired) electrons. The third kappa shape index (κ3) is 3.60. The lowest BCUT2D eigenvalue weighted by Gasteiger charge is -2.17. The van der Waals surface area contributed by atoms with Gasteiger partial charge in [0.25, 0.3) is 11.3 Å². The van der Waals surface area contributed by atoms with Gasteiger partial charge in [-0.25, -0.2) is 9.78 Å². The van der Waals surface area contributed by atoms with Gasteiger partial charge < -0.3 is 15.3 Å². The number of aromatic nitrogens is 3. The minimum absolute atomic E-state index is 0.0709. The molecule has 0 saturated heterocycles. The fourth-order valence-corrected chi connectivity index (χ4v) is 3.02. The third-order valence-electron chi connectivity index (χ3n) is 4.29. The van der Waals surface area contributed by atoms with Crippen molar-refractivity contribution in [2.75, 3.05) is 18.5 Å². The molecule has 0 amide bonds. The van der Waals surface area contributed by atoms with Crippen LogP contribution in [-0.2, 0) is 21.9 Å². The Morgan fingerprint density at radius 3 is 3.00 bits per heavy atom. The van der Waals surface area contributed by atoms with Crippen molar-refractivity contribution in [3.05, 3.63) is 57.5 Å². The topological polar surface area (TPSA) is 100 Å². The van der Waals surface area contributed by atoms with Gasteiger partial charge in [0.05, 0.1) is 13.2 Å². The number of alkyl halides is 2. The van der Waals surface area contributed by atoms with Crippen molar-refractivity contribution in [1.82, 2.24) is 9.55 Å². The summed E-state index contributed by atoms with van der Waals surface area (Å²) in [6.45, 7) is 0.836. The predicted octanol–water partition coefficient (Wildman–Crippen LogP) is 1.13. The average Bonchev–Trinajstić information content (AvgIpc) is 3.06. The van der Waals surface area contributed by atoms with Crippen molar-refractivity contribution in [2.45, 2.75) is 31.7 Å². The van der Waals surface area contributed by atoms with Crippen LogP contribution in [0.2, 0.25) is 0 Å². The van der Waals surface area contributed by atoms with Crippen LogP contribution in [0.1, 0.15) is 30.8 Å². The second-order valence-corrected chi connectivity index (χ2v) is 6.05. The molecule has 2 aromatic heterocycles. The van der Waals surface area contributed by atoms with Gasteiger partial charge in [0.2, 0.25) is 0 Å². The summed E-state index contributed by atoms with van der Waals surface area (Å²) in [7, 11) is 0. The largest absolute Gasteiger partial charge is 0.618 e. The maximum absolute atomic E-state index is 14.3. The van der Waals surface area contributed by atoms with Crippen molar-refractivity contribution in [1.29, 1.82) is 0 Å². The molecule has 0 saturated carbocycles. The first-order valence-corrected chi connectivity index (χ1v) is 8.42. The Morgan fingerprint density at radius 1 is 1.52 bits per heavy atom. The van der Waals surface area contributed by atoms with Crippen LogP contribution in [-0.4, -0.2) is 28.7 Å². The van der Waals surface area contributed by atoms with Crippen molar-refractivity contribution < 1.29 is 23.0 Å². The number of esters is 1. The Kier molecular flexibility index (Phi) is 5.06. The first-order valence-electron chi connectivity index (χ1n) is 8.42.